The van der Waals surface area contributed by atoms with Gasteiger partial charge in [-0.25, -0.2) is 9.79 Å². The summed E-state index contributed by atoms with van der Waals surface area (Å²) in [4.78, 5) is 42.2. The molecule has 0 saturated heterocycles. The van der Waals surface area contributed by atoms with Crippen molar-refractivity contribution in [3.63, 3.8) is 0 Å². The number of nitro groups is 2. The fraction of sp³-hybridized carbons (Fsp3) is 0.400. The Kier molecular flexibility index (Phi) is 4.58. The quantitative estimate of drug-likeness (QED) is 0.499. The van der Waals surface area contributed by atoms with E-state index in [1.165, 1.54) is 0 Å². The Hall–Kier alpha value is -3.77. The summed E-state index contributed by atoms with van der Waals surface area (Å²) in [6, 6.07) is 1.52. The second-order valence-electron chi connectivity index (χ2n) is 6.50. The monoisotopic (exact) mass is 391 g/mol. The zero-order valence-electron chi connectivity index (χ0n) is 14.6. The fourth-order valence-electron chi connectivity index (χ4n) is 3.68. The minimum atomic E-state index is -1.53. The van der Waals surface area contributed by atoms with E-state index in [-0.39, 0.29) is 11.9 Å². The first-order valence-electron chi connectivity index (χ1n) is 8.36. The van der Waals surface area contributed by atoms with Gasteiger partial charge in [-0.3, -0.25) is 25.1 Å². The molecule has 13 nitrogen and oxygen atoms in total. The third kappa shape index (κ3) is 3.06. The van der Waals surface area contributed by atoms with E-state index in [0.29, 0.717) is 25.7 Å². The minimum Gasteiger partial charge on any atom is -0.478 e. The number of rotatable bonds is 4. The van der Waals surface area contributed by atoms with E-state index in [1.54, 1.807) is 0 Å². The maximum Gasteiger partial charge on any atom is 0.336 e. The Morgan fingerprint density at radius 3 is 2.11 bits per heavy atom. The molecular formula is C15H17N7O6. The van der Waals surface area contributed by atoms with Gasteiger partial charge < -0.3 is 16.6 Å². The molecule has 0 atom stereocenters. The number of carbonyl (C=O) groups is 1. The standard InChI is InChI=1S/C15H17N7O6/c16-13-18-14(17)20(15(19-13)4-2-1-3-5-15)11-9(21(25)26)6-8(12(23)24)7-10(11)22(27)28/h6-7H,1-5H2,(H,23,24)(H4,16,17,18,19). The number of aliphatic imine (C=N–C) groups is 2. The Balaban J connectivity index is 2.34. The lowest BCUT2D eigenvalue weighted by atomic mass is 9.87. The summed E-state index contributed by atoms with van der Waals surface area (Å²) in [7, 11) is 0. The molecule has 13 heteroatoms. The number of carboxylic acid groups (broad SMARTS) is 1. The number of guanidine groups is 2. The molecule has 28 heavy (non-hydrogen) atoms. The number of nitrogens with two attached hydrogens (primary N) is 2. The van der Waals surface area contributed by atoms with Crippen LogP contribution in [0.5, 0.6) is 0 Å². The van der Waals surface area contributed by atoms with Gasteiger partial charge in [0.05, 0.1) is 15.4 Å². The molecule has 1 spiro atoms. The van der Waals surface area contributed by atoms with Gasteiger partial charge in [0.25, 0.3) is 0 Å². The van der Waals surface area contributed by atoms with E-state index >= 15 is 0 Å². The van der Waals surface area contributed by atoms with Crippen LogP contribution in [0, 0.1) is 20.2 Å². The van der Waals surface area contributed by atoms with E-state index in [0.717, 1.165) is 23.5 Å². The van der Waals surface area contributed by atoms with Crippen LogP contribution < -0.4 is 16.4 Å². The van der Waals surface area contributed by atoms with E-state index in [2.05, 4.69) is 9.98 Å². The maximum absolute atomic E-state index is 11.7. The summed E-state index contributed by atoms with van der Waals surface area (Å²) in [5.41, 5.74) is 7.99. The van der Waals surface area contributed by atoms with E-state index in [1.807, 2.05) is 0 Å². The van der Waals surface area contributed by atoms with Crippen molar-refractivity contribution in [3.05, 3.63) is 37.9 Å². The molecule has 1 aliphatic heterocycles. The smallest absolute Gasteiger partial charge is 0.336 e. The topological polar surface area (TPSA) is 204 Å². The lowest BCUT2D eigenvalue weighted by Gasteiger charge is -2.44. The van der Waals surface area contributed by atoms with Crippen LogP contribution in [-0.4, -0.2) is 38.5 Å². The third-order valence-corrected chi connectivity index (χ3v) is 4.79. The largest absolute Gasteiger partial charge is 0.478 e. The lowest BCUT2D eigenvalue weighted by Crippen LogP contribution is -2.58. The first-order valence-corrected chi connectivity index (χ1v) is 8.36. The van der Waals surface area contributed by atoms with Gasteiger partial charge in [0.2, 0.25) is 17.6 Å². The highest BCUT2D eigenvalue weighted by molar-refractivity contribution is 6.08. The zero-order valence-corrected chi connectivity index (χ0v) is 14.6. The average Bonchev–Trinajstić information content (AvgIpc) is 2.60. The summed E-state index contributed by atoms with van der Waals surface area (Å²) in [6.07, 6.45) is 3.10. The van der Waals surface area contributed by atoms with Crippen LogP contribution in [0.3, 0.4) is 0 Å². The zero-order chi connectivity index (χ0) is 20.6. The first kappa shape index (κ1) is 19.0. The van der Waals surface area contributed by atoms with Gasteiger partial charge in [-0.05, 0) is 25.7 Å². The molecule has 2 aliphatic rings. The molecule has 1 aliphatic carbocycles. The normalized spacial score (nSPS) is 18.4. The van der Waals surface area contributed by atoms with Crippen LogP contribution in [-0.2, 0) is 0 Å². The minimum absolute atomic E-state index is 0.122. The van der Waals surface area contributed by atoms with Crippen molar-refractivity contribution < 1.29 is 19.7 Å². The second-order valence-corrected chi connectivity index (χ2v) is 6.50. The number of benzene rings is 1. The summed E-state index contributed by atoms with van der Waals surface area (Å²) in [6.45, 7) is 0. The predicted molar refractivity (Wildman–Crippen MR) is 98.2 cm³/mol. The van der Waals surface area contributed by atoms with Crippen molar-refractivity contribution in [1.29, 1.82) is 0 Å². The van der Waals surface area contributed by atoms with Crippen LogP contribution >= 0.6 is 0 Å². The summed E-state index contributed by atoms with van der Waals surface area (Å²) >= 11 is 0. The average molecular weight is 391 g/mol. The van der Waals surface area contributed by atoms with Crippen LogP contribution in [0.1, 0.15) is 42.5 Å². The SMILES string of the molecule is NC1=NC2(CCCCC2)N(c2c([N+](=O)[O-])cc(C(=O)O)cc2[N+](=O)[O-])C(N)=N1. The Labute approximate surface area is 157 Å². The summed E-state index contributed by atoms with van der Waals surface area (Å²) in [5, 5.41) is 32.5. The maximum atomic E-state index is 11.7. The van der Waals surface area contributed by atoms with E-state index in [9.17, 15) is 30.1 Å². The molecule has 1 aromatic rings. The predicted octanol–water partition coefficient (Wildman–Crippen LogP) is 1.31. The Morgan fingerprint density at radius 1 is 1.11 bits per heavy atom. The molecule has 148 valence electrons. The highest BCUT2D eigenvalue weighted by Crippen LogP contribution is 2.47. The number of carboxylic acids is 1. The number of nitrogens with zero attached hydrogens (tertiary/aromatic N) is 5. The number of nitro benzene ring substituents is 2. The van der Waals surface area contributed by atoms with Crippen LogP contribution in [0.2, 0.25) is 0 Å². The molecule has 3 rings (SSSR count). The number of aromatic carboxylic acids is 1. The van der Waals surface area contributed by atoms with Gasteiger partial charge >= 0.3 is 17.3 Å². The van der Waals surface area contributed by atoms with Crippen LogP contribution in [0.25, 0.3) is 0 Å². The van der Waals surface area contributed by atoms with Crippen LogP contribution in [0.4, 0.5) is 17.1 Å². The molecule has 1 aromatic carbocycles. The van der Waals surface area contributed by atoms with Crippen molar-refractivity contribution in [1.82, 2.24) is 0 Å². The van der Waals surface area contributed by atoms with Crippen molar-refractivity contribution >= 4 is 35.0 Å². The Morgan fingerprint density at radius 2 is 1.64 bits per heavy atom. The van der Waals surface area contributed by atoms with E-state index < -0.39 is 44.1 Å². The number of anilines is 1. The van der Waals surface area contributed by atoms with Crippen molar-refractivity contribution in [2.45, 2.75) is 37.8 Å². The lowest BCUT2D eigenvalue weighted by molar-refractivity contribution is -0.392. The van der Waals surface area contributed by atoms with Gasteiger partial charge in [-0.1, -0.05) is 6.42 Å². The van der Waals surface area contributed by atoms with Crippen LogP contribution in [0.15, 0.2) is 22.1 Å². The van der Waals surface area contributed by atoms with Crippen molar-refractivity contribution in [2.75, 3.05) is 4.90 Å². The molecule has 0 radical (unpaired) electrons. The molecule has 0 unspecified atom stereocenters. The molecule has 1 fully saturated rings. The number of hydrogen-bond donors (Lipinski definition) is 3. The van der Waals surface area contributed by atoms with Gasteiger partial charge in [-0.15, -0.1) is 0 Å². The van der Waals surface area contributed by atoms with Crippen molar-refractivity contribution in [3.8, 4) is 0 Å². The van der Waals surface area contributed by atoms with Gasteiger partial charge in [-0.2, -0.15) is 4.99 Å². The van der Waals surface area contributed by atoms with Gasteiger partial charge in [0, 0.05) is 12.1 Å². The first-order chi connectivity index (χ1) is 13.2. The second kappa shape index (κ2) is 6.75. The fourth-order valence-corrected chi connectivity index (χ4v) is 3.68. The molecular weight excluding hydrogens is 374 g/mol. The molecule has 5 N–H and O–H groups in total. The van der Waals surface area contributed by atoms with Gasteiger partial charge in [0.1, 0.15) is 5.66 Å². The molecule has 1 heterocycles. The third-order valence-electron chi connectivity index (χ3n) is 4.79. The molecule has 0 bridgehead atoms. The highest BCUT2D eigenvalue weighted by Gasteiger charge is 2.48. The Bertz CT molecular complexity index is 900. The molecule has 0 amide bonds. The number of hydrogen-bond acceptors (Lipinski definition) is 10. The summed E-state index contributed by atoms with van der Waals surface area (Å²) < 4.78 is 0. The van der Waals surface area contributed by atoms with Crippen molar-refractivity contribution in [2.24, 2.45) is 21.5 Å². The van der Waals surface area contributed by atoms with E-state index in [4.69, 9.17) is 11.5 Å². The molecule has 1 saturated carbocycles. The summed E-state index contributed by atoms with van der Waals surface area (Å²) in [5.74, 6) is -1.93. The molecule has 0 aromatic heterocycles. The highest BCUT2D eigenvalue weighted by atomic mass is 16.6. The van der Waals surface area contributed by atoms with Gasteiger partial charge in [0.15, 0.2) is 0 Å².